The Morgan fingerprint density at radius 2 is 2.19 bits per heavy atom. The normalized spacial score (nSPS) is 21.1. The smallest absolute Gasteiger partial charge is 0.218 e. The predicted molar refractivity (Wildman–Crippen MR) is 101 cm³/mol. The first kappa shape index (κ1) is 18.1. The van der Waals surface area contributed by atoms with E-state index in [2.05, 4.69) is 19.9 Å². The van der Waals surface area contributed by atoms with Gasteiger partial charge < -0.3 is 19.1 Å². The van der Waals surface area contributed by atoms with Gasteiger partial charge in [0, 0.05) is 25.5 Å². The van der Waals surface area contributed by atoms with Crippen molar-refractivity contribution in [3.05, 3.63) is 42.5 Å². The molecule has 0 aliphatic carbocycles. The molecule has 144 valence electrons. The van der Waals surface area contributed by atoms with Crippen LogP contribution in [0.4, 0.5) is 5.82 Å². The molecule has 0 aromatic carbocycles. The number of pyridine rings is 1. The summed E-state index contributed by atoms with van der Waals surface area (Å²) in [5, 5.41) is 0. The zero-order chi connectivity index (χ0) is 18.5. The first-order valence-corrected chi connectivity index (χ1v) is 9.49. The van der Waals surface area contributed by atoms with E-state index >= 15 is 0 Å². The molecule has 2 aromatic heterocycles. The van der Waals surface area contributed by atoms with Crippen molar-refractivity contribution in [2.24, 2.45) is 5.92 Å². The summed E-state index contributed by atoms with van der Waals surface area (Å²) in [5.74, 6) is 2.13. The van der Waals surface area contributed by atoms with Crippen LogP contribution in [0.25, 0.3) is 0 Å². The Kier molecular flexibility index (Phi) is 5.50. The molecule has 0 bridgehead atoms. The number of aromatic nitrogens is 3. The van der Waals surface area contributed by atoms with Crippen molar-refractivity contribution in [3.63, 3.8) is 0 Å². The summed E-state index contributed by atoms with van der Waals surface area (Å²) in [6, 6.07) is 7.78. The quantitative estimate of drug-likeness (QED) is 0.694. The van der Waals surface area contributed by atoms with Crippen LogP contribution in [-0.2, 0) is 16.1 Å². The second kappa shape index (κ2) is 8.19. The Balaban J connectivity index is 1.23. The Morgan fingerprint density at radius 1 is 1.26 bits per heavy atom. The predicted octanol–water partition coefficient (Wildman–Crippen LogP) is 2.47. The van der Waals surface area contributed by atoms with Gasteiger partial charge in [-0.25, -0.2) is 9.97 Å². The molecule has 2 saturated heterocycles. The lowest BCUT2D eigenvalue weighted by atomic mass is 9.79. The van der Waals surface area contributed by atoms with E-state index in [1.807, 2.05) is 24.3 Å². The molecule has 1 atom stereocenters. The molecular formula is C20H26N4O3. The van der Waals surface area contributed by atoms with Crippen molar-refractivity contribution in [1.29, 1.82) is 0 Å². The van der Waals surface area contributed by atoms with Gasteiger partial charge in [0.05, 0.1) is 32.5 Å². The van der Waals surface area contributed by atoms with Crippen molar-refractivity contribution in [1.82, 2.24) is 15.0 Å². The van der Waals surface area contributed by atoms with Crippen LogP contribution in [0.5, 0.6) is 5.88 Å². The van der Waals surface area contributed by atoms with Gasteiger partial charge in [0.1, 0.15) is 17.7 Å². The lowest BCUT2D eigenvalue weighted by molar-refractivity contribution is -0.116. The maximum Gasteiger partial charge on any atom is 0.218 e. The molecule has 2 aromatic rings. The van der Waals surface area contributed by atoms with Gasteiger partial charge >= 0.3 is 0 Å². The van der Waals surface area contributed by atoms with Crippen molar-refractivity contribution in [3.8, 4) is 5.88 Å². The molecule has 7 heteroatoms. The third-order valence-electron chi connectivity index (χ3n) is 5.36. The van der Waals surface area contributed by atoms with Gasteiger partial charge in [-0.15, -0.1) is 0 Å². The van der Waals surface area contributed by atoms with Gasteiger partial charge in [-0.1, -0.05) is 6.07 Å². The van der Waals surface area contributed by atoms with Crippen LogP contribution in [0.2, 0.25) is 0 Å². The third kappa shape index (κ3) is 4.36. The Labute approximate surface area is 159 Å². The highest BCUT2D eigenvalue weighted by molar-refractivity contribution is 5.45. The topological polar surface area (TPSA) is 69.6 Å². The summed E-state index contributed by atoms with van der Waals surface area (Å²) in [4.78, 5) is 14.9. The van der Waals surface area contributed by atoms with Gasteiger partial charge in [0.2, 0.25) is 5.88 Å². The lowest BCUT2D eigenvalue weighted by Gasteiger charge is -2.53. The Hall–Kier alpha value is -2.25. The van der Waals surface area contributed by atoms with E-state index in [9.17, 15) is 0 Å². The van der Waals surface area contributed by atoms with E-state index in [0.29, 0.717) is 18.4 Å². The molecule has 0 N–H and O–H groups in total. The Morgan fingerprint density at radius 3 is 3.00 bits per heavy atom. The van der Waals surface area contributed by atoms with Crippen LogP contribution in [0, 0.1) is 5.92 Å². The summed E-state index contributed by atoms with van der Waals surface area (Å²) >= 11 is 0. The van der Waals surface area contributed by atoms with Crippen LogP contribution in [0.3, 0.4) is 0 Å². The molecule has 0 unspecified atom stereocenters. The molecule has 0 saturated carbocycles. The fraction of sp³-hybridized carbons (Fsp3) is 0.550. The van der Waals surface area contributed by atoms with E-state index in [1.165, 1.54) is 0 Å². The van der Waals surface area contributed by atoms with Crippen molar-refractivity contribution in [2.75, 3.05) is 38.3 Å². The number of hydrogen-bond acceptors (Lipinski definition) is 7. The van der Waals surface area contributed by atoms with Crippen LogP contribution < -0.4 is 9.64 Å². The molecule has 1 spiro atoms. The molecule has 0 radical (unpaired) electrons. The maximum atomic E-state index is 6.15. The number of methoxy groups -OCH3 is 1. The highest BCUT2D eigenvalue weighted by Gasteiger charge is 2.47. The Bertz CT molecular complexity index is 737. The summed E-state index contributed by atoms with van der Waals surface area (Å²) in [5.41, 5.74) is 0.943. The second-order valence-corrected chi connectivity index (χ2v) is 7.33. The zero-order valence-electron chi connectivity index (χ0n) is 15.7. The monoisotopic (exact) mass is 370 g/mol. The number of anilines is 1. The average Bonchev–Trinajstić information content (AvgIpc) is 2.70. The minimum atomic E-state index is -0.0396. The van der Waals surface area contributed by atoms with E-state index in [0.717, 1.165) is 57.1 Å². The third-order valence-corrected chi connectivity index (χ3v) is 5.36. The van der Waals surface area contributed by atoms with Crippen LogP contribution in [-0.4, -0.2) is 54.0 Å². The van der Waals surface area contributed by atoms with E-state index in [4.69, 9.17) is 14.2 Å². The second-order valence-electron chi connectivity index (χ2n) is 7.33. The fourth-order valence-electron chi connectivity index (χ4n) is 3.93. The molecule has 0 amide bonds. The van der Waals surface area contributed by atoms with Crippen LogP contribution in [0.1, 0.15) is 25.0 Å². The number of rotatable bonds is 7. The van der Waals surface area contributed by atoms with Crippen LogP contribution >= 0.6 is 0 Å². The number of ether oxygens (including phenoxy) is 3. The highest BCUT2D eigenvalue weighted by atomic mass is 16.5. The summed E-state index contributed by atoms with van der Waals surface area (Å²) in [6.45, 7) is 3.92. The molecular weight excluding hydrogens is 344 g/mol. The molecule has 4 heterocycles. The van der Waals surface area contributed by atoms with Gasteiger partial charge in [-0.05, 0) is 37.3 Å². The van der Waals surface area contributed by atoms with Gasteiger partial charge in [-0.2, -0.15) is 0 Å². The van der Waals surface area contributed by atoms with Crippen molar-refractivity contribution >= 4 is 5.82 Å². The summed E-state index contributed by atoms with van der Waals surface area (Å²) in [6.07, 6.45) is 6.60. The molecule has 2 aliphatic rings. The molecule has 2 fully saturated rings. The van der Waals surface area contributed by atoms with E-state index < -0.39 is 0 Å². The van der Waals surface area contributed by atoms with Crippen molar-refractivity contribution < 1.29 is 14.2 Å². The highest BCUT2D eigenvalue weighted by Crippen LogP contribution is 2.39. The standard InChI is InChI=1S/C20H26N4O3/c1-25-19-10-18(22-15-23-19)24-13-20(14-24)11-16(6-9-27-20)5-8-26-12-17-4-2-3-7-21-17/h2-4,7,10,15-16H,5-6,8-9,11-14H2,1H3/t16-/m0/s1. The average molecular weight is 370 g/mol. The lowest BCUT2D eigenvalue weighted by Crippen LogP contribution is -2.65. The summed E-state index contributed by atoms with van der Waals surface area (Å²) in [7, 11) is 1.62. The van der Waals surface area contributed by atoms with Gasteiger partial charge in [-0.3, -0.25) is 4.98 Å². The number of nitrogens with zero attached hydrogens (tertiary/aromatic N) is 4. The van der Waals surface area contributed by atoms with Crippen LogP contribution in [0.15, 0.2) is 36.8 Å². The van der Waals surface area contributed by atoms with E-state index in [1.54, 1.807) is 19.6 Å². The maximum absolute atomic E-state index is 6.15. The fourth-order valence-corrected chi connectivity index (χ4v) is 3.93. The van der Waals surface area contributed by atoms with Gasteiger partial charge in [0.25, 0.3) is 0 Å². The first-order valence-electron chi connectivity index (χ1n) is 9.49. The number of hydrogen-bond donors (Lipinski definition) is 0. The van der Waals surface area contributed by atoms with Gasteiger partial charge in [0.15, 0.2) is 0 Å². The minimum Gasteiger partial charge on any atom is -0.481 e. The molecule has 7 nitrogen and oxygen atoms in total. The largest absolute Gasteiger partial charge is 0.481 e. The van der Waals surface area contributed by atoms with E-state index in [-0.39, 0.29) is 5.60 Å². The minimum absolute atomic E-state index is 0.0396. The summed E-state index contributed by atoms with van der Waals surface area (Å²) < 4.78 is 17.1. The first-order chi connectivity index (χ1) is 13.3. The zero-order valence-corrected chi connectivity index (χ0v) is 15.7. The molecule has 2 aliphatic heterocycles. The van der Waals surface area contributed by atoms with Crippen molar-refractivity contribution in [2.45, 2.75) is 31.5 Å². The molecule has 4 rings (SSSR count). The molecule has 27 heavy (non-hydrogen) atoms. The SMILES string of the molecule is COc1cc(N2CC3(C[C@@H](CCOCc4ccccn4)CCO3)C2)ncn1.